The molecule has 0 aromatic rings. The van der Waals surface area contributed by atoms with Crippen LogP contribution in [-0.2, 0) is 9.53 Å². The normalized spacial score (nSPS) is 31.8. The zero-order valence-electron chi connectivity index (χ0n) is 18.7. The zero-order valence-corrected chi connectivity index (χ0v) is 18.7. The molecule has 0 aliphatic heterocycles. The lowest BCUT2D eigenvalue weighted by atomic mass is 9.53. The Bertz CT molecular complexity index is 954. The highest BCUT2D eigenvalue weighted by Gasteiger charge is 2.77. The van der Waals surface area contributed by atoms with Gasteiger partial charge < -0.3 is 4.74 Å². The Morgan fingerprint density at radius 1 is 1.00 bits per heavy atom. The third-order valence-electron chi connectivity index (χ3n) is 8.37. The van der Waals surface area contributed by atoms with Gasteiger partial charge >= 0.3 is 24.0 Å². The van der Waals surface area contributed by atoms with Crippen LogP contribution in [0.15, 0.2) is 34.6 Å². The highest BCUT2D eigenvalue weighted by molar-refractivity contribution is 5.80. The van der Waals surface area contributed by atoms with Crippen LogP contribution in [-0.4, -0.2) is 24.0 Å². The molecule has 0 saturated carbocycles. The molecule has 4 aliphatic carbocycles. The molecular weight excluding hydrogens is 453 g/mol. The second-order valence-electron chi connectivity index (χ2n) is 10.6. The Kier molecular flexibility index (Phi) is 5.42. The van der Waals surface area contributed by atoms with Gasteiger partial charge in [0, 0.05) is 6.42 Å². The van der Waals surface area contributed by atoms with Crippen molar-refractivity contribution < 1.29 is 40.3 Å². The van der Waals surface area contributed by atoms with Crippen molar-refractivity contribution in [2.24, 2.45) is 22.7 Å². The molecule has 0 radical (unpaired) electrons. The first-order chi connectivity index (χ1) is 15.0. The van der Waals surface area contributed by atoms with Gasteiger partial charge in [-0.1, -0.05) is 38.0 Å². The second kappa shape index (κ2) is 7.35. The lowest BCUT2D eigenvalue weighted by Gasteiger charge is -2.51. The van der Waals surface area contributed by atoms with Crippen molar-refractivity contribution in [2.75, 3.05) is 0 Å². The van der Waals surface area contributed by atoms with E-state index < -0.39 is 24.0 Å². The molecule has 4 rings (SSSR count). The van der Waals surface area contributed by atoms with Gasteiger partial charge in [-0.15, -0.1) is 0 Å². The summed E-state index contributed by atoms with van der Waals surface area (Å²) < 4.78 is 95.2. The molecule has 0 bridgehead atoms. The van der Waals surface area contributed by atoms with Crippen LogP contribution in [0.1, 0.15) is 65.7 Å². The molecule has 0 aromatic heterocycles. The topological polar surface area (TPSA) is 26.3 Å². The predicted molar refractivity (Wildman–Crippen MR) is 106 cm³/mol. The number of hydrogen-bond acceptors (Lipinski definition) is 2. The third-order valence-corrected chi connectivity index (χ3v) is 8.37. The van der Waals surface area contributed by atoms with Crippen molar-refractivity contribution in [3.63, 3.8) is 0 Å². The quantitative estimate of drug-likeness (QED) is 0.237. The van der Waals surface area contributed by atoms with Gasteiger partial charge in [0.05, 0.1) is 0 Å². The Hall–Kier alpha value is -1.80. The molecule has 0 heterocycles. The van der Waals surface area contributed by atoms with Crippen molar-refractivity contribution in [3.8, 4) is 0 Å². The minimum absolute atomic E-state index is 0.00780. The summed E-state index contributed by atoms with van der Waals surface area (Å²) in [5.74, 6) is -15.1. The van der Waals surface area contributed by atoms with Crippen molar-refractivity contribution in [1.29, 1.82) is 0 Å². The first-order valence-corrected chi connectivity index (χ1v) is 11.2. The molecule has 0 N–H and O–H groups in total. The summed E-state index contributed by atoms with van der Waals surface area (Å²) in [6.45, 7) is 6.61. The Balaban J connectivity index is 1.57. The molecule has 2 nitrogen and oxygen atoms in total. The summed E-state index contributed by atoms with van der Waals surface area (Å²) in [7, 11) is 0. The number of ether oxygens (including phenoxy) is 1. The molecule has 0 aromatic carbocycles. The van der Waals surface area contributed by atoms with Crippen LogP contribution in [0, 0.1) is 22.7 Å². The van der Waals surface area contributed by atoms with Gasteiger partial charge in [0.25, 0.3) is 0 Å². The van der Waals surface area contributed by atoms with Crippen LogP contribution in [0.3, 0.4) is 0 Å². The number of fused-ring (bicyclic) bond motifs is 4. The van der Waals surface area contributed by atoms with Crippen LogP contribution >= 0.6 is 0 Å². The maximum Gasteiger partial charge on any atom is 0.460 e. The van der Waals surface area contributed by atoms with E-state index >= 15 is 0 Å². The van der Waals surface area contributed by atoms with E-state index in [0.29, 0.717) is 18.3 Å². The SMILES string of the molecule is CC1(C)CCC2=C1CC[C@H]1[C@H]2CC=C2C=C(OC(=O)C(F)(F)C(F)(F)C(F)(F)F)CC[C@@]21C. The summed E-state index contributed by atoms with van der Waals surface area (Å²) in [5.41, 5.74) is 3.72. The average Bonchev–Trinajstić information content (AvgIpc) is 3.02. The summed E-state index contributed by atoms with van der Waals surface area (Å²) in [5, 5.41) is 0. The monoisotopic (exact) mass is 480 g/mol. The van der Waals surface area contributed by atoms with Crippen LogP contribution in [0.4, 0.5) is 30.7 Å². The maximum atomic E-state index is 13.7. The molecule has 0 fully saturated rings. The van der Waals surface area contributed by atoms with E-state index in [1.54, 1.807) is 0 Å². The van der Waals surface area contributed by atoms with Gasteiger partial charge in [0.2, 0.25) is 0 Å². The summed E-state index contributed by atoms with van der Waals surface area (Å²) in [6.07, 6.45) is 2.09. The molecule has 3 atom stereocenters. The van der Waals surface area contributed by atoms with Gasteiger partial charge in [-0.05, 0) is 72.8 Å². The summed E-state index contributed by atoms with van der Waals surface area (Å²) in [6, 6.07) is 0. The smallest absolute Gasteiger partial charge is 0.426 e. The molecule has 0 saturated heterocycles. The number of halogens is 7. The molecule has 4 aliphatic rings. The van der Waals surface area contributed by atoms with Crippen molar-refractivity contribution in [2.45, 2.75) is 83.7 Å². The van der Waals surface area contributed by atoms with E-state index in [4.69, 9.17) is 0 Å². The molecule has 33 heavy (non-hydrogen) atoms. The van der Waals surface area contributed by atoms with Crippen molar-refractivity contribution >= 4 is 5.97 Å². The number of alkyl halides is 7. The molecule has 0 unspecified atom stereocenters. The van der Waals surface area contributed by atoms with Crippen LogP contribution in [0.25, 0.3) is 0 Å². The molecule has 0 spiro atoms. The number of esters is 1. The van der Waals surface area contributed by atoms with E-state index in [2.05, 4.69) is 25.5 Å². The van der Waals surface area contributed by atoms with E-state index in [1.165, 1.54) is 17.2 Å². The molecular formula is C24H27F7O2. The lowest BCUT2D eigenvalue weighted by Crippen LogP contribution is -2.56. The van der Waals surface area contributed by atoms with E-state index in [1.807, 2.05) is 6.08 Å². The van der Waals surface area contributed by atoms with Gasteiger partial charge in [-0.2, -0.15) is 30.7 Å². The Morgan fingerprint density at radius 2 is 1.67 bits per heavy atom. The second-order valence-corrected chi connectivity index (χ2v) is 10.6. The Morgan fingerprint density at radius 3 is 2.30 bits per heavy atom. The number of carbonyl (C=O) groups is 1. The standard InChI is InChI=1S/C24H27F7O2/c1-20(2)10-9-16-15-5-4-13-12-14(8-11-21(13,3)18(15)7-6-17(16)20)33-19(32)22(25,26)23(27,28)24(29,30)31/h4,12,15,18H,5-11H2,1-3H3/t15-,18-,21-/m0/s1. The number of allylic oxidation sites excluding steroid dienone is 6. The predicted octanol–water partition coefficient (Wildman–Crippen LogP) is 7.52. The van der Waals surface area contributed by atoms with Crippen molar-refractivity contribution in [1.82, 2.24) is 0 Å². The highest BCUT2D eigenvalue weighted by atomic mass is 19.4. The minimum atomic E-state index is -6.58. The first-order valence-electron chi connectivity index (χ1n) is 11.2. The first kappa shape index (κ1) is 24.3. The number of rotatable bonds is 3. The van der Waals surface area contributed by atoms with E-state index in [9.17, 15) is 35.5 Å². The van der Waals surface area contributed by atoms with Crippen LogP contribution in [0.5, 0.6) is 0 Å². The highest BCUT2D eigenvalue weighted by Crippen LogP contribution is 2.61. The van der Waals surface area contributed by atoms with Gasteiger partial charge in [-0.3, -0.25) is 0 Å². The van der Waals surface area contributed by atoms with Crippen molar-refractivity contribution in [3.05, 3.63) is 34.6 Å². The maximum absolute atomic E-state index is 13.7. The molecule has 184 valence electrons. The fourth-order valence-corrected chi connectivity index (χ4v) is 6.36. The van der Waals surface area contributed by atoms with Crippen LogP contribution < -0.4 is 0 Å². The van der Waals surface area contributed by atoms with Gasteiger partial charge in [-0.25, -0.2) is 4.79 Å². The minimum Gasteiger partial charge on any atom is -0.426 e. The Labute approximate surface area is 187 Å². The third kappa shape index (κ3) is 3.55. The van der Waals surface area contributed by atoms with Gasteiger partial charge in [0.1, 0.15) is 5.76 Å². The van der Waals surface area contributed by atoms with Gasteiger partial charge in [0.15, 0.2) is 0 Å². The summed E-state index contributed by atoms with van der Waals surface area (Å²) >= 11 is 0. The fourth-order valence-electron chi connectivity index (χ4n) is 6.36. The average molecular weight is 480 g/mol. The number of carbonyl (C=O) groups excluding carboxylic acids is 1. The molecule has 9 heteroatoms. The summed E-state index contributed by atoms with van der Waals surface area (Å²) in [4.78, 5) is 11.7. The largest absolute Gasteiger partial charge is 0.460 e. The number of hydrogen-bond donors (Lipinski definition) is 0. The molecule has 0 amide bonds. The lowest BCUT2D eigenvalue weighted by molar-refractivity contribution is -0.347. The van der Waals surface area contributed by atoms with E-state index in [0.717, 1.165) is 37.7 Å². The van der Waals surface area contributed by atoms with E-state index in [-0.39, 0.29) is 23.0 Å². The fraction of sp³-hybridized carbons (Fsp3) is 0.708. The van der Waals surface area contributed by atoms with Crippen LogP contribution in [0.2, 0.25) is 0 Å². The zero-order chi connectivity index (χ0) is 24.6.